The van der Waals surface area contributed by atoms with Gasteiger partial charge in [-0.1, -0.05) is 24.6 Å². The van der Waals surface area contributed by atoms with Crippen molar-refractivity contribution in [3.8, 4) is 0 Å². The number of hydrogen-bond acceptors (Lipinski definition) is 4. The molecule has 1 fully saturated rings. The van der Waals surface area contributed by atoms with Crippen LogP contribution in [0.1, 0.15) is 38.2 Å². The fourth-order valence-electron chi connectivity index (χ4n) is 2.95. The Bertz CT molecular complexity index is 523. The van der Waals surface area contributed by atoms with Crippen LogP contribution < -0.4 is 4.90 Å². The van der Waals surface area contributed by atoms with E-state index in [9.17, 15) is 4.39 Å². The van der Waals surface area contributed by atoms with Crippen LogP contribution in [0.5, 0.6) is 0 Å². The monoisotopic (exact) mass is 279 g/mol. The maximum atomic E-state index is 14.1. The molecule has 1 saturated carbocycles. The second kappa shape index (κ2) is 5.12. The normalized spacial score (nSPS) is 20.1. The number of aromatic nitrogens is 2. The van der Waals surface area contributed by atoms with Gasteiger partial charge >= 0.3 is 0 Å². The Balaban J connectivity index is 2.05. The van der Waals surface area contributed by atoms with E-state index in [-0.39, 0.29) is 5.83 Å². The van der Waals surface area contributed by atoms with E-state index in [0.717, 1.165) is 29.4 Å². The van der Waals surface area contributed by atoms with Gasteiger partial charge in [0.15, 0.2) is 5.16 Å². The zero-order chi connectivity index (χ0) is 13.4. The zero-order valence-corrected chi connectivity index (χ0v) is 12.1. The van der Waals surface area contributed by atoms with Crippen molar-refractivity contribution >= 4 is 23.2 Å². The minimum atomic E-state index is -0.0418. The summed E-state index contributed by atoms with van der Waals surface area (Å²) in [6, 6.07) is 0.433. The average molecular weight is 279 g/mol. The Morgan fingerprint density at radius 2 is 2.11 bits per heavy atom. The second-order valence-electron chi connectivity index (χ2n) is 5.19. The minimum absolute atomic E-state index is 0.0418. The third-order valence-electron chi connectivity index (χ3n) is 4.09. The number of hydrogen-bond donors (Lipinski definition) is 0. The molecule has 0 amide bonds. The topological polar surface area (TPSA) is 29.0 Å². The molecule has 0 bridgehead atoms. The highest BCUT2D eigenvalue weighted by Crippen LogP contribution is 2.38. The molecular formula is C14H18FN3S. The molecule has 0 unspecified atom stereocenters. The lowest BCUT2D eigenvalue weighted by Crippen LogP contribution is -2.38. The number of nitrogens with zero attached hydrogens (tertiary/aromatic N) is 3. The Hall–Kier alpha value is -1.10. The summed E-state index contributed by atoms with van der Waals surface area (Å²) in [5.41, 5.74) is 1.55. The van der Waals surface area contributed by atoms with Crippen molar-refractivity contribution < 1.29 is 4.39 Å². The van der Waals surface area contributed by atoms with Crippen LogP contribution in [0.15, 0.2) is 17.2 Å². The molecule has 2 aliphatic rings. The number of fused-ring (bicyclic) bond motifs is 1. The molecule has 0 atom stereocenters. The Morgan fingerprint density at radius 1 is 1.37 bits per heavy atom. The van der Waals surface area contributed by atoms with E-state index in [1.54, 1.807) is 6.20 Å². The van der Waals surface area contributed by atoms with Crippen LogP contribution in [-0.4, -0.2) is 28.8 Å². The van der Waals surface area contributed by atoms with Gasteiger partial charge in [-0.3, -0.25) is 0 Å². The predicted octanol–water partition coefficient (Wildman–Crippen LogP) is 3.66. The number of halogens is 1. The third-order valence-corrected chi connectivity index (χ3v) is 4.65. The largest absolute Gasteiger partial charge is 0.346 e. The SMILES string of the molecule is CSc1ncc2c(n1)N(C1CCCC1)CC(F)=C2C. The number of allylic oxidation sites excluding steroid dienone is 1. The van der Waals surface area contributed by atoms with E-state index >= 15 is 0 Å². The molecule has 0 saturated heterocycles. The van der Waals surface area contributed by atoms with E-state index in [0.29, 0.717) is 18.2 Å². The summed E-state index contributed by atoms with van der Waals surface area (Å²) in [6.45, 7) is 2.19. The van der Waals surface area contributed by atoms with Gasteiger partial charge in [0.25, 0.3) is 0 Å². The lowest BCUT2D eigenvalue weighted by molar-refractivity contribution is 0.543. The summed E-state index contributed by atoms with van der Waals surface area (Å²) < 4.78 is 14.1. The van der Waals surface area contributed by atoms with Crippen LogP contribution in [0.3, 0.4) is 0 Å². The first kappa shape index (κ1) is 12.9. The summed E-state index contributed by atoms with van der Waals surface area (Å²) in [6.07, 6.45) is 8.50. The summed E-state index contributed by atoms with van der Waals surface area (Å²) in [5.74, 6) is 0.880. The molecule has 0 radical (unpaired) electrons. The molecule has 0 aromatic carbocycles. The second-order valence-corrected chi connectivity index (χ2v) is 5.96. The molecule has 3 rings (SSSR count). The predicted molar refractivity (Wildman–Crippen MR) is 77.1 cm³/mol. The Labute approximate surface area is 117 Å². The standard InChI is InChI=1S/C14H18FN3S/c1-9-11-7-16-14(19-2)17-13(11)18(8-12(9)15)10-5-3-4-6-10/h7,10H,3-6,8H2,1-2H3. The molecule has 3 nitrogen and oxygen atoms in total. The van der Waals surface area contributed by atoms with Crippen LogP contribution in [-0.2, 0) is 0 Å². The molecule has 1 aliphatic heterocycles. The summed E-state index contributed by atoms with van der Waals surface area (Å²) in [7, 11) is 0. The highest BCUT2D eigenvalue weighted by molar-refractivity contribution is 7.98. The van der Waals surface area contributed by atoms with Crippen molar-refractivity contribution in [3.63, 3.8) is 0 Å². The maximum absolute atomic E-state index is 14.1. The lowest BCUT2D eigenvalue weighted by atomic mass is 10.0. The maximum Gasteiger partial charge on any atom is 0.189 e. The van der Waals surface area contributed by atoms with Crippen molar-refractivity contribution in [1.82, 2.24) is 9.97 Å². The molecule has 5 heteroatoms. The van der Waals surface area contributed by atoms with Crippen LogP contribution in [0.4, 0.5) is 10.2 Å². The molecular weight excluding hydrogens is 261 g/mol. The molecule has 0 N–H and O–H groups in total. The highest BCUT2D eigenvalue weighted by atomic mass is 32.2. The van der Waals surface area contributed by atoms with Crippen LogP contribution in [0.25, 0.3) is 5.57 Å². The highest BCUT2D eigenvalue weighted by Gasteiger charge is 2.31. The quantitative estimate of drug-likeness (QED) is 0.610. The average Bonchev–Trinajstić information content (AvgIpc) is 2.96. The molecule has 0 spiro atoms. The smallest absolute Gasteiger partial charge is 0.189 e. The van der Waals surface area contributed by atoms with Crippen molar-refractivity contribution in [2.75, 3.05) is 17.7 Å². The zero-order valence-electron chi connectivity index (χ0n) is 11.3. The van der Waals surface area contributed by atoms with E-state index in [2.05, 4.69) is 14.9 Å². The molecule has 2 heterocycles. The first-order valence-electron chi connectivity index (χ1n) is 6.74. The fraction of sp³-hybridized carbons (Fsp3) is 0.571. The van der Waals surface area contributed by atoms with E-state index in [1.165, 1.54) is 24.6 Å². The van der Waals surface area contributed by atoms with E-state index < -0.39 is 0 Å². The van der Waals surface area contributed by atoms with Gasteiger partial charge in [0.1, 0.15) is 11.6 Å². The molecule has 102 valence electrons. The van der Waals surface area contributed by atoms with Gasteiger partial charge < -0.3 is 4.90 Å². The number of rotatable bonds is 2. The molecule has 1 aliphatic carbocycles. The first-order chi connectivity index (χ1) is 9.20. The lowest BCUT2D eigenvalue weighted by Gasteiger charge is -2.34. The van der Waals surface area contributed by atoms with Crippen LogP contribution in [0.2, 0.25) is 0 Å². The Kier molecular flexibility index (Phi) is 3.48. The van der Waals surface area contributed by atoms with E-state index in [1.807, 2.05) is 13.2 Å². The number of anilines is 1. The van der Waals surface area contributed by atoms with Gasteiger partial charge in [-0.2, -0.15) is 0 Å². The Morgan fingerprint density at radius 3 is 2.79 bits per heavy atom. The van der Waals surface area contributed by atoms with E-state index in [4.69, 9.17) is 0 Å². The van der Waals surface area contributed by atoms with Crippen molar-refractivity contribution in [1.29, 1.82) is 0 Å². The fourth-order valence-corrected chi connectivity index (χ4v) is 3.28. The van der Waals surface area contributed by atoms with Crippen LogP contribution in [0, 0.1) is 0 Å². The van der Waals surface area contributed by atoms with Gasteiger partial charge in [-0.05, 0) is 31.6 Å². The summed E-state index contributed by atoms with van der Waals surface area (Å²) >= 11 is 1.53. The van der Waals surface area contributed by atoms with Crippen LogP contribution >= 0.6 is 11.8 Å². The van der Waals surface area contributed by atoms with Gasteiger partial charge in [0.2, 0.25) is 0 Å². The van der Waals surface area contributed by atoms with Crippen molar-refractivity contribution in [3.05, 3.63) is 17.6 Å². The third kappa shape index (κ3) is 2.24. The van der Waals surface area contributed by atoms with Gasteiger partial charge in [-0.15, -0.1) is 0 Å². The number of thioether (sulfide) groups is 1. The molecule has 1 aromatic rings. The summed E-state index contributed by atoms with van der Waals surface area (Å²) in [5, 5.41) is 0.761. The first-order valence-corrected chi connectivity index (χ1v) is 7.96. The molecule has 19 heavy (non-hydrogen) atoms. The van der Waals surface area contributed by atoms with Crippen molar-refractivity contribution in [2.24, 2.45) is 0 Å². The minimum Gasteiger partial charge on any atom is -0.346 e. The van der Waals surface area contributed by atoms with Gasteiger partial charge in [0, 0.05) is 17.8 Å². The van der Waals surface area contributed by atoms with Gasteiger partial charge in [-0.25, -0.2) is 14.4 Å². The molecule has 1 aromatic heterocycles. The van der Waals surface area contributed by atoms with Crippen molar-refractivity contribution in [2.45, 2.75) is 43.8 Å². The summed E-state index contributed by atoms with van der Waals surface area (Å²) in [4.78, 5) is 11.0. The van der Waals surface area contributed by atoms with Gasteiger partial charge in [0.05, 0.1) is 6.54 Å².